The quantitative estimate of drug-likeness (QED) is 0.541. The zero-order chi connectivity index (χ0) is 15.2. The van der Waals surface area contributed by atoms with Crippen molar-refractivity contribution in [3.8, 4) is 5.75 Å². The van der Waals surface area contributed by atoms with Crippen molar-refractivity contribution in [1.82, 2.24) is 5.32 Å². The number of carboxylic acids is 1. The van der Waals surface area contributed by atoms with Gasteiger partial charge in [-0.3, -0.25) is 9.59 Å². The molecule has 0 amide bonds. The van der Waals surface area contributed by atoms with E-state index < -0.39 is 12.0 Å². The summed E-state index contributed by atoms with van der Waals surface area (Å²) in [6, 6.07) is 5.88. The Morgan fingerprint density at radius 3 is 2.48 bits per heavy atom. The van der Waals surface area contributed by atoms with Crippen LogP contribution in [0.1, 0.15) is 18.4 Å². The number of rotatable bonds is 5. The number of nitrogens with one attached hydrogen (secondary N) is 1. The molecule has 4 N–H and O–H groups in total. The van der Waals surface area contributed by atoms with Gasteiger partial charge in [-0.25, -0.2) is 0 Å². The zero-order valence-corrected chi connectivity index (χ0v) is 11.7. The van der Waals surface area contributed by atoms with Gasteiger partial charge in [0.1, 0.15) is 11.8 Å². The molecule has 0 spiro atoms. The molecule has 114 valence electrons. The van der Waals surface area contributed by atoms with Gasteiger partial charge >= 0.3 is 11.9 Å². The predicted octanol–water partition coefficient (Wildman–Crippen LogP) is 0.546. The van der Waals surface area contributed by atoms with E-state index in [-0.39, 0.29) is 18.3 Å². The van der Waals surface area contributed by atoms with E-state index in [2.05, 4.69) is 5.32 Å². The van der Waals surface area contributed by atoms with Crippen LogP contribution in [0.25, 0.3) is 0 Å². The number of aliphatic carboxylic acids is 1. The molecule has 6 nitrogen and oxygen atoms in total. The molecule has 1 heterocycles. The fourth-order valence-electron chi connectivity index (χ4n) is 2.29. The number of hydrogen-bond acceptors (Lipinski definition) is 5. The smallest absolute Gasteiger partial charge is 0.320 e. The molecule has 6 heteroatoms. The highest BCUT2D eigenvalue weighted by molar-refractivity contribution is 5.75. The Morgan fingerprint density at radius 1 is 1.29 bits per heavy atom. The number of benzene rings is 1. The van der Waals surface area contributed by atoms with E-state index in [1.807, 2.05) is 0 Å². The van der Waals surface area contributed by atoms with Crippen molar-refractivity contribution in [3.05, 3.63) is 29.8 Å². The van der Waals surface area contributed by atoms with Crippen molar-refractivity contribution in [3.63, 3.8) is 0 Å². The number of esters is 1. The highest BCUT2D eigenvalue weighted by Gasteiger charge is 2.22. The SMILES string of the molecule is N[C@@H](Cc1ccc(OC(=O)C2CCNCC2)cc1)C(=O)O. The minimum absolute atomic E-state index is 0.0497. The molecule has 0 aliphatic carbocycles. The van der Waals surface area contributed by atoms with Gasteiger partial charge in [-0.05, 0) is 50.0 Å². The second-order valence-electron chi connectivity index (χ2n) is 5.24. The Balaban J connectivity index is 1.89. The van der Waals surface area contributed by atoms with Gasteiger partial charge in [0.2, 0.25) is 0 Å². The summed E-state index contributed by atoms with van der Waals surface area (Å²) in [6.07, 6.45) is 1.84. The fraction of sp³-hybridized carbons (Fsp3) is 0.467. The molecular formula is C15H20N2O4. The summed E-state index contributed by atoms with van der Waals surface area (Å²) in [5.74, 6) is -0.805. The lowest BCUT2D eigenvalue weighted by molar-refractivity contribution is -0.140. The molecule has 0 aromatic heterocycles. The summed E-state index contributed by atoms with van der Waals surface area (Å²) in [4.78, 5) is 22.7. The van der Waals surface area contributed by atoms with Crippen LogP contribution in [0.15, 0.2) is 24.3 Å². The van der Waals surface area contributed by atoms with Gasteiger partial charge < -0.3 is 20.9 Å². The first-order chi connectivity index (χ1) is 10.1. The summed E-state index contributed by atoms with van der Waals surface area (Å²) in [5.41, 5.74) is 6.27. The van der Waals surface area contributed by atoms with Gasteiger partial charge in [0, 0.05) is 0 Å². The topological polar surface area (TPSA) is 102 Å². The van der Waals surface area contributed by atoms with Crippen LogP contribution in [-0.4, -0.2) is 36.2 Å². The summed E-state index contributed by atoms with van der Waals surface area (Å²) >= 11 is 0. The Bertz CT molecular complexity index is 495. The number of nitrogens with two attached hydrogens (primary N) is 1. The Morgan fingerprint density at radius 2 is 1.90 bits per heavy atom. The third-order valence-corrected chi connectivity index (χ3v) is 3.59. The van der Waals surface area contributed by atoms with E-state index in [0.717, 1.165) is 31.5 Å². The minimum atomic E-state index is -1.03. The molecule has 0 bridgehead atoms. The summed E-state index contributed by atoms with van der Waals surface area (Å²) in [6.45, 7) is 1.68. The molecule has 1 atom stereocenters. The Labute approximate surface area is 123 Å². The van der Waals surface area contributed by atoms with Crippen LogP contribution in [-0.2, 0) is 16.0 Å². The van der Waals surface area contributed by atoms with Crippen LogP contribution < -0.4 is 15.8 Å². The number of hydrogen-bond donors (Lipinski definition) is 3. The normalized spacial score (nSPS) is 17.2. The molecule has 1 aliphatic rings. The average molecular weight is 292 g/mol. The lowest BCUT2D eigenvalue weighted by Gasteiger charge is -2.20. The molecule has 1 aliphatic heterocycles. The maximum Gasteiger partial charge on any atom is 0.320 e. The summed E-state index contributed by atoms with van der Waals surface area (Å²) in [5, 5.41) is 12.0. The highest BCUT2D eigenvalue weighted by Crippen LogP contribution is 2.18. The predicted molar refractivity (Wildman–Crippen MR) is 77.0 cm³/mol. The second kappa shape index (κ2) is 7.19. The summed E-state index contributed by atoms with van der Waals surface area (Å²) < 4.78 is 5.35. The molecule has 2 rings (SSSR count). The largest absolute Gasteiger partial charge is 0.480 e. The standard InChI is InChI=1S/C15H20N2O4/c16-13(14(18)19)9-10-1-3-12(4-2-10)21-15(20)11-5-7-17-8-6-11/h1-4,11,13,17H,5-9,16H2,(H,18,19)/t13-/m0/s1. The van der Waals surface area contributed by atoms with Crippen molar-refractivity contribution in [2.24, 2.45) is 11.7 Å². The molecule has 21 heavy (non-hydrogen) atoms. The van der Waals surface area contributed by atoms with Crippen LogP contribution in [0.4, 0.5) is 0 Å². The first-order valence-corrected chi connectivity index (χ1v) is 7.06. The maximum absolute atomic E-state index is 12.0. The van der Waals surface area contributed by atoms with Gasteiger partial charge in [-0.1, -0.05) is 12.1 Å². The molecule has 1 aromatic carbocycles. The molecule has 1 saturated heterocycles. The van der Waals surface area contributed by atoms with Crippen LogP contribution in [0, 0.1) is 5.92 Å². The van der Waals surface area contributed by atoms with Crippen LogP contribution in [0.2, 0.25) is 0 Å². The molecule has 0 radical (unpaired) electrons. The van der Waals surface area contributed by atoms with Gasteiger partial charge in [0.05, 0.1) is 5.92 Å². The molecule has 0 saturated carbocycles. The lowest BCUT2D eigenvalue weighted by atomic mass is 9.98. The monoisotopic (exact) mass is 292 g/mol. The van der Waals surface area contributed by atoms with E-state index >= 15 is 0 Å². The van der Waals surface area contributed by atoms with Crippen molar-refractivity contribution in [2.75, 3.05) is 13.1 Å². The molecule has 1 aromatic rings. The van der Waals surface area contributed by atoms with Gasteiger partial charge in [0.25, 0.3) is 0 Å². The number of carboxylic acid groups (broad SMARTS) is 1. The summed E-state index contributed by atoms with van der Waals surface area (Å²) in [7, 11) is 0. The van der Waals surface area contributed by atoms with Crippen LogP contribution >= 0.6 is 0 Å². The maximum atomic E-state index is 12.0. The molecule has 0 unspecified atom stereocenters. The number of carbonyl (C=O) groups excluding carboxylic acids is 1. The van der Waals surface area contributed by atoms with Crippen molar-refractivity contribution in [1.29, 1.82) is 0 Å². The van der Waals surface area contributed by atoms with Gasteiger partial charge in [-0.2, -0.15) is 0 Å². The van der Waals surface area contributed by atoms with Gasteiger partial charge in [0.15, 0.2) is 0 Å². The minimum Gasteiger partial charge on any atom is -0.480 e. The lowest BCUT2D eigenvalue weighted by Crippen LogP contribution is -2.33. The number of piperidine rings is 1. The molecule has 1 fully saturated rings. The van der Waals surface area contributed by atoms with Crippen LogP contribution in [0.5, 0.6) is 5.75 Å². The molecular weight excluding hydrogens is 272 g/mol. The van der Waals surface area contributed by atoms with Gasteiger partial charge in [-0.15, -0.1) is 0 Å². The second-order valence-corrected chi connectivity index (χ2v) is 5.24. The number of carbonyl (C=O) groups is 2. The highest BCUT2D eigenvalue weighted by atomic mass is 16.5. The Kier molecular flexibility index (Phi) is 5.30. The van der Waals surface area contributed by atoms with E-state index in [9.17, 15) is 9.59 Å². The average Bonchev–Trinajstić information content (AvgIpc) is 2.50. The first kappa shape index (κ1) is 15.5. The van der Waals surface area contributed by atoms with E-state index in [1.165, 1.54) is 0 Å². The third kappa shape index (κ3) is 4.54. The van der Waals surface area contributed by atoms with Crippen LogP contribution in [0.3, 0.4) is 0 Å². The van der Waals surface area contributed by atoms with E-state index in [4.69, 9.17) is 15.6 Å². The third-order valence-electron chi connectivity index (χ3n) is 3.59. The van der Waals surface area contributed by atoms with E-state index in [0.29, 0.717) is 5.75 Å². The fourth-order valence-corrected chi connectivity index (χ4v) is 2.29. The Hall–Kier alpha value is -1.92. The van der Waals surface area contributed by atoms with Crippen molar-refractivity contribution >= 4 is 11.9 Å². The first-order valence-electron chi connectivity index (χ1n) is 7.06. The zero-order valence-electron chi connectivity index (χ0n) is 11.7. The van der Waals surface area contributed by atoms with Crippen molar-refractivity contribution in [2.45, 2.75) is 25.3 Å². The van der Waals surface area contributed by atoms with E-state index in [1.54, 1.807) is 24.3 Å². The number of ether oxygens (including phenoxy) is 1. The van der Waals surface area contributed by atoms with Crippen molar-refractivity contribution < 1.29 is 19.4 Å².